The van der Waals surface area contributed by atoms with Crippen molar-refractivity contribution in [3.05, 3.63) is 89.9 Å². The topological polar surface area (TPSA) is 132 Å². The van der Waals surface area contributed by atoms with Crippen LogP contribution in [0.15, 0.2) is 23.0 Å². The number of carbonyl (C=O) groups is 2. The van der Waals surface area contributed by atoms with Crippen molar-refractivity contribution in [2.75, 3.05) is 13.7 Å². The van der Waals surface area contributed by atoms with E-state index in [9.17, 15) is 14.7 Å². The highest BCUT2D eigenvalue weighted by molar-refractivity contribution is 5.95. The summed E-state index contributed by atoms with van der Waals surface area (Å²) in [6, 6.07) is 0. The van der Waals surface area contributed by atoms with Crippen molar-refractivity contribution in [2.24, 2.45) is 35.5 Å². The summed E-state index contributed by atoms with van der Waals surface area (Å²) < 4.78 is 11.2. The Kier molecular flexibility index (Phi) is 16.6. The largest absolute Gasteiger partial charge is 0.468 e. The molecule has 9 nitrogen and oxygen atoms in total. The predicted octanol–water partition coefficient (Wildman–Crippen LogP) is 10.8. The second kappa shape index (κ2) is 21.7. The van der Waals surface area contributed by atoms with Gasteiger partial charge in [-0.15, -0.1) is 0 Å². The zero-order valence-electron chi connectivity index (χ0n) is 41.3. The van der Waals surface area contributed by atoms with Gasteiger partial charge in [-0.3, -0.25) is 9.59 Å². The van der Waals surface area contributed by atoms with Crippen LogP contribution in [0.5, 0.6) is 0 Å². The molecule has 0 amide bonds. The summed E-state index contributed by atoms with van der Waals surface area (Å²) in [6.45, 7) is 24.7. The number of aliphatic hydroxyl groups excluding tert-OH is 1. The van der Waals surface area contributed by atoms with Gasteiger partial charge in [0.25, 0.3) is 0 Å². The van der Waals surface area contributed by atoms with Crippen LogP contribution in [0.1, 0.15) is 188 Å². The number of nitrogens with one attached hydrogen (secondary N) is 4. The Balaban J connectivity index is 1.21. The maximum Gasteiger partial charge on any atom is 0.316 e. The van der Waals surface area contributed by atoms with Crippen molar-refractivity contribution in [1.82, 2.24) is 20.3 Å². The highest BCUT2D eigenvalue weighted by Gasteiger charge is 2.48. The number of aliphatic hydroxyl groups is 1. The average molecular weight is 877 g/mol. The minimum Gasteiger partial charge on any atom is -0.468 e. The summed E-state index contributed by atoms with van der Waals surface area (Å²) in [6.07, 6.45) is 21.4. The van der Waals surface area contributed by atoms with Crippen molar-refractivity contribution < 1.29 is 24.2 Å². The number of rotatable bonds is 20. The third-order valence-corrected chi connectivity index (χ3v) is 15.0. The second-order valence-electron chi connectivity index (χ2n) is 20.1. The Morgan fingerprint density at radius 1 is 0.781 bits per heavy atom. The van der Waals surface area contributed by atoms with Gasteiger partial charge in [-0.1, -0.05) is 99.0 Å². The molecule has 3 aromatic rings. The van der Waals surface area contributed by atoms with Gasteiger partial charge in [0, 0.05) is 68.6 Å². The number of H-pyrrole nitrogens is 3. The lowest BCUT2D eigenvalue weighted by molar-refractivity contribution is -0.146. The zero-order chi connectivity index (χ0) is 46.4. The van der Waals surface area contributed by atoms with E-state index in [1.54, 1.807) is 0 Å². The Morgan fingerprint density at radius 2 is 1.42 bits per heavy atom. The Bertz CT molecular complexity index is 2360. The molecular weight excluding hydrogens is 797 g/mol. The number of allylic oxidation sites excluding steroid dienone is 3. The van der Waals surface area contributed by atoms with Gasteiger partial charge in [-0.05, 0) is 130 Å². The minimum atomic E-state index is -1.10. The van der Waals surface area contributed by atoms with Crippen LogP contribution in [0.3, 0.4) is 0 Å². The van der Waals surface area contributed by atoms with Crippen molar-refractivity contribution in [3.8, 4) is 0 Å². The molecule has 1 fully saturated rings. The number of esters is 2. The van der Waals surface area contributed by atoms with Crippen molar-refractivity contribution >= 4 is 35.7 Å². The maximum atomic E-state index is 13.7. The Hall–Kier alpha value is -4.50. The fourth-order valence-corrected chi connectivity index (χ4v) is 10.8. The van der Waals surface area contributed by atoms with Crippen molar-refractivity contribution in [3.63, 3.8) is 0 Å². The highest BCUT2D eigenvalue weighted by Crippen LogP contribution is 2.52. The van der Waals surface area contributed by atoms with Crippen LogP contribution in [-0.2, 0) is 31.9 Å². The monoisotopic (exact) mass is 877 g/mol. The molecule has 3 aliphatic rings. The van der Waals surface area contributed by atoms with Crippen LogP contribution in [0, 0.1) is 56.3 Å². The molecule has 2 aliphatic heterocycles. The summed E-state index contributed by atoms with van der Waals surface area (Å²) in [5.74, 6) is 0.494. The number of ether oxygens (including phenoxy) is 2. The fraction of sp³-hybridized carbons (Fsp3) is 0.600. The average Bonchev–Trinajstić information content (AvgIpc) is 3.99. The highest BCUT2D eigenvalue weighted by atomic mass is 16.5. The molecule has 5 heterocycles. The molecule has 0 radical (unpaired) electrons. The molecule has 3 aromatic heterocycles. The Morgan fingerprint density at radius 3 is 2.08 bits per heavy atom. The first-order chi connectivity index (χ1) is 30.6. The molecule has 0 aromatic carbocycles. The normalized spacial score (nSPS) is 23.2. The number of aromatic amines is 3. The van der Waals surface area contributed by atoms with Crippen molar-refractivity contribution in [2.45, 2.75) is 166 Å². The van der Waals surface area contributed by atoms with E-state index in [0.717, 1.165) is 93.9 Å². The fourth-order valence-electron chi connectivity index (χ4n) is 10.8. The molecule has 0 saturated carbocycles. The number of aromatic nitrogens is 3. The first-order valence-electron chi connectivity index (χ1n) is 24.7. The van der Waals surface area contributed by atoms with Crippen LogP contribution in [0.4, 0.5) is 0 Å². The molecule has 0 unspecified atom stereocenters. The van der Waals surface area contributed by atoms with Crippen LogP contribution in [0.25, 0.3) is 23.8 Å². The summed E-state index contributed by atoms with van der Waals surface area (Å²) in [5, 5.41) is 17.9. The molecule has 64 heavy (non-hydrogen) atoms. The lowest BCUT2D eigenvalue weighted by Gasteiger charge is -2.21. The van der Waals surface area contributed by atoms with E-state index in [2.05, 4.69) is 114 Å². The molecule has 6 rings (SSSR count). The van der Waals surface area contributed by atoms with E-state index in [1.165, 1.54) is 79.9 Å². The van der Waals surface area contributed by atoms with Crippen LogP contribution >= 0.6 is 0 Å². The van der Waals surface area contributed by atoms with Crippen LogP contribution in [-0.4, -0.2) is 45.7 Å². The molecule has 0 spiro atoms. The number of methoxy groups -OCH3 is 1. The Labute approximate surface area is 383 Å². The molecule has 1 aliphatic carbocycles. The van der Waals surface area contributed by atoms with E-state index in [-0.39, 0.29) is 30.8 Å². The van der Waals surface area contributed by atoms with Gasteiger partial charge in [-0.25, -0.2) is 0 Å². The first-order valence-corrected chi connectivity index (χ1v) is 24.7. The zero-order valence-corrected chi connectivity index (χ0v) is 41.3. The summed E-state index contributed by atoms with van der Waals surface area (Å²) >= 11 is 0. The molecule has 1 saturated heterocycles. The number of hydrogen-bond donors (Lipinski definition) is 5. The van der Waals surface area contributed by atoms with E-state index in [4.69, 9.17) is 9.47 Å². The minimum absolute atomic E-state index is 0.0321. The second-order valence-corrected chi connectivity index (χ2v) is 20.1. The standard InChI is InChI=1S/C55H80N4O5/c1-13-39-35(8)42-28-44-37(10)41(24-25-48(60)64-27-26-34(7)23-17-22-33(6)21-16-20-32(5)19-15-18-31(3)4)52(58-44)50-51(55(62)63-12)54(61)49-38(11)45(59-53(49)50)30-47-40(14-2)36(9)43(57-47)29-46(39)56-42/h26,28-33,37,41,51,54,56-59,61H,13-25,27H2,1-12H3/b34-26+,43-29-,44-28-,47-30-,52-50-/t32-,33+,37+,41+,51-,54-/m1/s1. The van der Waals surface area contributed by atoms with E-state index in [1.807, 2.05) is 6.92 Å². The van der Waals surface area contributed by atoms with E-state index >= 15 is 0 Å². The van der Waals surface area contributed by atoms with Crippen LogP contribution in [0.2, 0.25) is 0 Å². The van der Waals surface area contributed by atoms with Crippen molar-refractivity contribution in [1.29, 1.82) is 0 Å². The van der Waals surface area contributed by atoms with Crippen LogP contribution < -0.4 is 16.0 Å². The lowest BCUT2D eigenvalue weighted by Crippen LogP contribution is -2.24. The molecule has 8 bridgehead atoms. The summed E-state index contributed by atoms with van der Waals surface area (Å²) in [4.78, 5) is 38.3. The summed E-state index contributed by atoms with van der Waals surface area (Å²) in [5.41, 5.74) is 14.0. The van der Waals surface area contributed by atoms with Gasteiger partial charge in [0.1, 0.15) is 12.5 Å². The van der Waals surface area contributed by atoms with Gasteiger partial charge in [0.2, 0.25) is 0 Å². The van der Waals surface area contributed by atoms with Gasteiger partial charge >= 0.3 is 11.9 Å². The van der Waals surface area contributed by atoms with E-state index < -0.39 is 18.0 Å². The third kappa shape index (κ3) is 10.8. The predicted molar refractivity (Wildman–Crippen MR) is 262 cm³/mol. The SMILES string of the molecule is CCc1c2[nH]c(c1C)/C=C1\N/C(=C3\c4[nH]c(c(C)c4[C@@H](O)[C@@H]3C(=O)OC)/C=c3\[nH]/c(c(C)c3CC)=C\2)[C@@H](CCC(=O)OC/C=C(\C)CCC[C@@H](C)CCC[C@H](C)CCCC(C)C)[C@@H]1C. The smallest absolute Gasteiger partial charge is 0.316 e. The summed E-state index contributed by atoms with van der Waals surface area (Å²) in [7, 11) is 1.37. The first kappa shape index (κ1) is 48.9. The molecular formula is C55H80N4O5. The van der Waals surface area contributed by atoms with E-state index in [0.29, 0.717) is 17.6 Å². The van der Waals surface area contributed by atoms with Gasteiger partial charge < -0.3 is 34.8 Å². The molecule has 5 N–H and O–H groups in total. The number of fused-ring (bicyclic) bond motifs is 7. The lowest BCUT2D eigenvalue weighted by atomic mass is 9.84. The maximum absolute atomic E-state index is 13.7. The molecule has 350 valence electrons. The molecule has 6 atom stereocenters. The number of hydrogen-bond acceptors (Lipinski definition) is 6. The molecule has 9 heteroatoms. The quantitative estimate of drug-likeness (QED) is 0.0567. The van der Waals surface area contributed by atoms with Gasteiger partial charge in [0.05, 0.1) is 18.9 Å². The van der Waals surface area contributed by atoms with Gasteiger partial charge in [-0.2, -0.15) is 0 Å². The third-order valence-electron chi connectivity index (χ3n) is 15.0. The van der Waals surface area contributed by atoms with Gasteiger partial charge in [0.15, 0.2) is 0 Å². The number of carbonyl (C=O) groups excluding carboxylic acids is 2.